The van der Waals surface area contributed by atoms with E-state index >= 15 is 0 Å². The lowest BCUT2D eigenvalue weighted by atomic mass is 9.71. The van der Waals surface area contributed by atoms with Gasteiger partial charge in [0, 0.05) is 24.6 Å². The zero-order valence-electron chi connectivity index (χ0n) is 17.5. The van der Waals surface area contributed by atoms with E-state index in [9.17, 15) is 9.18 Å². The Morgan fingerprint density at radius 1 is 1.13 bits per heavy atom. The number of ketones is 1. The number of benzene rings is 2. The number of hydrogen-bond acceptors (Lipinski definition) is 5. The van der Waals surface area contributed by atoms with Gasteiger partial charge in [-0.3, -0.25) is 9.69 Å². The molecule has 1 saturated heterocycles. The maximum absolute atomic E-state index is 13.4. The molecule has 0 radical (unpaired) electrons. The van der Waals surface area contributed by atoms with Crippen LogP contribution in [0.1, 0.15) is 24.0 Å². The van der Waals surface area contributed by atoms with Gasteiger partial charge in [0.1, 0.15) is 17.7 Å². The maximum Gasteiger partial charge on any atom is 0.173 e. The second-order valence-electron chi connectivity index (χ2n) is 8.52. The zero-order valence-corrected chi connectivity index (χ0v) is 17.5. The minimum atomic E-state index is -0.236. The highest BCUT2D eigenvalue weighted by Gasteiger charge is 2.49. The van der Waals surface area contributed by atoms with E-state index in [1.807, 2.05) is 24.3 Å². The normalized spacial score (nSPS) is 28.2. The molecule has 2 heterocycles. The monoisotopic (exact) mass is 423 g/mol. The summed E-state index contributed by atoms with van der Waals surface area (Å²) in [7, 11) is 1.61. The van der Waals surface area contributed by atoms with E-state index in [2.05, 4.69) is 4.90 Å². The van der Waals surface area contributed by atoms with Crippen LogP contribution in [0.2, 0.25) is 0 Å². The first-order chi connectivity index (χ1) is 15.1. The number of carbonyl (C=O) groups excluding carboxylic acids is 1. The number of allylic oxidation sites excluding steroid dienone is 1. The average molecular weight is 423 g/mol. The van der Waals surface area contributed by atoms with E-state index in [1.54, 1.807) is 25.5 Å². The van der Waals surface area contributed by atoms with E-state index in [1.165, 1.54) is 12.1 Å². The first-order valence-electron chi connectivity index (χ1n) is 10.8. The van der Waals surface area contributed by atoms with E-state index in [-0.39, 0.29) is 35.6 Å². The summed E-state index contributed by atoms with van der Waals surface area (Å²) in [5, 5.41) is 0. The fraction of sp³-hybridized carbons (Fsp3) is 0.400. The molecule has 0 spiro atoms. The number of Topliss-reactive ketones (excluding diaryl/α,β-unsaturated/α-hetero) is 1. The van der Waals surface area contributed by atoms with E-state index in [0.29, 0.717) is 24.6 Å². The summed E-state index contributed by atoms with van der Waals surface area (Å²) in [6.07, 6.45) is 3.13. The van der Waals surface area contributed by atoms with Crippen LogP contribution in [0.25, 0.3) is 5.57 Å². The summed E-state index contributed by atoms with van der Waals surface area (Å²) in [6, 6.07) is 14.1. The number of hydrogen-bond donors (Lipinski definition) is 0. The van der Waals surface area contributed by atoms with Crippen LogP contribution in [0, 0.1) is 17.7 Å². The molecule has 5 nitrogen and oxygen atoms in total. The lowest BCUT2D eigenvalue weighted by Crippen LogP contribution is -2.56. The number of halogens is 1. The summed E-state index contributed by atoms with van der Waals surface area (Å²) in [5.74, 6) is 0.493. The number of methoxy groups -OCH3 is 1. The summed E-state index contributed by atoms with van der Waals surface area (Å²) >= 11 is 0. The minimum Gasteiger partial charge on any atom is -0.496 e. The van der Waals surface area contributed by atoms with Crippen LogP contribution < -0.4 is 4.74 Å². The number of ether oxygens (including phenoxy) is 3. The molecule has 31 heavy (non-hydrogen) atoms. The molecule has 1 saturated carbocycles. The molecule has 2 fully saturated rings. The van der Waals surface area contributed by atoms with Crippen LogP contribution in [0.3, 0.4) is 0 Å². The maximum atomic E-state index is 13.4. The fourth-order valence-corrected chi connectivity index (χ4v) is 5.11. The highest BCUT2D eigenvalue weighted by molar-refractivity contribution is 6.22. The first kappa shape index (κ1) is 20.2. The summed E-state index contributed by atoms with van der Waals surface area (Å²) in [5.41, 5.74) is 2.39. The topological polar surface area (TPSA) is 48.0 Å². The lowest BCUT2D eigenvalue weighted by Gasteiger charge is -2.48. The van der Waals surface area contributed by atoms with Crippen molar-refractivity contribution in [3.8, 4) is 5.75 Å². The van der Waals surface area contributed by atoms with Crippen LogP contribution in [-0.4, -0.2) is 43.3 Å². The van der Waals surface area contributed by atoms with Gasteiger partial charge in [0.05, 0.1) is 37.7 Å². The summed E-state index contributed by atoms with van der Waals surface area (Å²) < 4.78 is 31.0. The Balaban J connectivity index is 1.34. The quantitative estimate of drug-likeness (QED) is 0.743. The fourth-order valence-electron chi connectivity index (χ4n) is 5.11. The largest absolute Gasteiger partial charge is 0.496 e. The van der Waals surface area contributed by atoms with Crippen molar-refractivity contribution in [1.82, 2.24) is 4.90 Å². The van der Waals surface area contributed by atoms with Crippen molar-refractivity contribution < 1.29 is 23.4 Å². The Bertz CT molecular complexity index is 989. The van der Waals surface area contributed by atoms with Crippen molar-refractivity contribution in [1.29, 1.82) is 0 Å². The van der Waals surface area contributed by atoms with Gasteiger partial charge in [-0.05, 0) is 36.6 Å². The van der Waals surface area contributed by atoms with Crippen molar-refractivity contribution in [3.05, 3.63) is 71.7 Å². The molecule has 1 aliphatic carbocycles. The number of fused-ring (bicyclic) bond motifs is 3. The van der Waals surface area contributed by atoms with Crippen molar-refractivity contribution >= 4 is 11.4 Å². The van der Waals surface area contributed by atoms with Crippen molar-refractivity contribution in [2.24, 2.45) is 11.8 Å². The van der Waals surface area contributed by atoms with Gasteiger partial charge < -0.3 is 14.2 Å². The predicted molar refractivity (Wildman–Crippen MR) is 114 cm³/mol. The molecule has 2 aromatic rings. The van der Waals surface area contributed by atoms with Gasteiger partial charge in [0.2, 0.25) is 0 Å². The summed E-state index contributed by atoms with van der Waals surface area (Å²) in [4.78, 5) is 15.6. The van der Waals surface area contributed by atoms with Gasteiger partial charge in [-0.1, -0.05) is 30.3 Å². The number of nitrogens with zero attached hydrogens (tertiary/aromatic N) is 1. The number of para-hydroxylation sites is 1. The molecule has 3 aliphatic rings. The average Bonchev–Trinajstić information content (AvgIpc) is 2.81. The molecule has 0 bridgehead atoms. The molecule has 5 rings (SSSR count). The molecule has 0 N–H and O–H groups in total. The highest BCUT2D eigenvalue weighted by Crippen LogP contribution is 2.43. The minimum absolute atomic E-state index is 0.0970. The zero-order chi connectivity index (χ0) is 21.4. The first-order valence-corrected chi connectivity index (χ1v) is 10.8. The van der Waals surface area contributed by atoms with Crippen molar-refractivity contribution in [3.63, 3.8) is 0 Å². The molecule has 2 aromatic carbocycles. The van der Waals surface area contributed by atoms with Crippen LogP contribution in [0.15, 0.2) is 54.8 Å². The molecule has 6 heteroatoms. The molecule has 2 aliphatic heterocycles. The van der Waals surface area contributed by atoms with Gasteiger partial charge in [0.15, 0.2) is 5.78 Å². The third-order valence-corrected chi connectivity index (χ3v) is 6.66. The SMILES string of the molecule is COc1ccccc1C1=COC2C(CCC3OCN(Cc4ccc(F)cc4)CC32)C1=O. The predicted octanol–water partition coefficient (Wildman–Crippen LogP) is 4.03. The van der Waals surface area contributed by atoms with E-state index in [4.69, 9.17) is 14.2 Å². The van der Waals surface area contributed by atoms with Gasteiger partial charge in [-0.25, -0.2) is 4.39 Å². The standard InChI is InChI=1S/C25H26FNO4/c1-29-22-5-3-2-4-18(22)21-14-30-25-19(24(21)28)10-11-23-20(25)13-27(15-31-23)12-16-6-8-17(26)9-7-16/h2-9,14,19-20,23,25H,10-13,15H2,1H3. The number of carbonyl (C=O) groups is 1. The van der Waals surface area contributed by atoms with Crippen LogP contribution in [0.5, 0.6) is 5.75 Å². The Morgan fingerprint density at radius 2 is 1.94 bits per heavy atom. The Hall–Kier alpha value is -2.70. The smallest absolute Gasteiger partial charge is 0.173 e. The Morgan fingerprint density at radius 3 is 2.74 bits per heavy atom. The lowest BCUT2D eigenvalue weighted by molar-refractivity contribution is -0.171. The van der Waals surface area contributed by atoms with Crippen molar-refractivity contribution in [2.75, 3.05) is 20.4 Å². The van der Waals surface area contributed by atoms with Crippen LogP contribution in [0.4, 0.5) is 4.39 Å². The van der Waals surface area contributed by atoms with E-state index < -0.39 is 0 Å². The molecule has 0 aromatic heterocycles. The molecule has 162 valence electrons. The van der Waals surface area contributed by atoms with Crippen LogP contribution >= 0.6 is 0 Å². The molecular weight excluding hydrogens is 397 g/mol. The van der Waals surface area contributed by atoms with E-state index in [0.717, 1.165) is 30.5 Å². The highest BCUT2D eigenvalue weighted by atomic mass is 19.1. The van der Waals surface area contributed by atoms with Gasteiger partial charge in [-0.2, -0.15) is 0 Å². The number of rotatable bonds is 4. The van der Waals surface area contributed by atoms with Gasteiger partial charge in [0.25, 0.3) is 0 Å². The molecule has 4 atom stereocenters. The van der Waals surface area contributed by atoms with Gasteiger partial charge in [-0.15, -0.1) is 0 Å². The second-order valence-corrected chi connectivity index (χ2v) is 8.52. The van der Waals surface area contributed by atoms with Crippen molar-refractivity contribution in [2.45, 2.75) is 31.6 Å². The Labute approximate surface area is 181 Å². The summed E-state index contributed by atoms with van der Waals surface area (Å²) in [6.45, 7) is 2.00. The van der Waals surface area contributed by atoms with Crippen LogP contribution in [-0.2, 0) is 20.8 Å². The molecule has 0 amide bonds. The Kier molecular flexibility index (Phi) is 5.50. The third-order valence-electron chi connectivity index (χ3n) is 6.66. The molecular formula is C25H26FNO4. The van der Waals surface area contributed by atoms with Gasteiger partial charge >= 0.3 is 0 Å². The third kappa shape index (κ3) is 3.86. The second kappa shape index (κ2) is 8.44. The molecule has 4 unspecified atom stereocenters.